The van der Waals surface area contributed by atoms with Gasteiger partial charge in [0.05, 0.1) is 12.1 Å². The molecule has 0 bridgehead atoms. The SMILES string of the molecule is Cc1ccc(CNC(=O)c2ccccc2NCC(=O)NC(=O)NC(C)(C)C)cc1. The molecule has 4 N–H and O–H groups in total. The van der Waals surface area contributed by atoms with Gasteiger partial charge in [-0.15, -0.1) is 0 Å². The fourth-order valence-electron chi connectivity index (χ4n) is 2.54. The first-order valence-electron chi connectivity index (χ1n) is 9.43. The molecule has 2 aromatic rings. The minimum Gasteiger partial charge on any atom is -0.375 e. The van der Waals surface area contributed by atoms with Crippen molar-refractivity contribution in [1.29, 1.82) is 0 Å². The number of hydrogen-bond acceptors (Lipinski definition) is 4. The Kier molecular flexibility index (Phi) is 7.36. The molecule has 0 atom stereocenters. The van der Waals surface area contributed by atoms with Crippen LogP contribution in [0.2, 0.25) is 0 Å². The van der Waals surface area contributed by atoms with E-state index in [1.807, 2.05) is 52.0 Å². The van der Waals surface area contributed by atoms with Gasteiger partial charge in [0.15, 0.2) is 0 Å². The van der Waals surface area contributed by atoms with Gasteiger partial charge in [-0.25, -0.2) is 4.79 Å². The first-order chi connectivity index (χ1) is 13.6. The van der Waals surface area contributed by atoms with Gasteiger partial charge < -0.3 is 16.0 Å². The van der Waals surface area contributed by atoms with E-state index in [-0.39, 0.29) is 12.5 Å². The lowest BCUT2D eigenvalue weighted by Crippen LogP contribution is -2.49. The third-order valence-electron chi connectivity index (χ3n) is 3.93. The van der Waals surface area contributed by atoms with E-state index in [1.54, 1.807) is 24.3 Å². The Morgan fingerprint density at radius 3 is 2.24 bits per heavy atom. The standard InChI is InChI=1S/C22H28N4O3/c1-15-9-11-16(12-10-15)13-24-20(28)17-7-5-6-8-18(17)23-14-19(27)25-21(29)26-22(2,3)4/h5-12,23H,13-14H2,1-4H3,(H,24,28)(H2,25,26,27,29). The van der Waals surface area contributed by atoms with Crippen LogP contribution in [-0.4, -0.2) is 29.9 Å². The topological polar surface area (TPSA) is 99.3 Å². The molecule has 0 aromatic heterocycles. The zero-order chi connectivity index (χ0) is 21.4. The maximum Gasteiger partial charge on any atom is 0.321 e. The minimum absolute atomic E-state index is 0.139. The highest BCUT2D eigenvalue weighted by atomic mass is 16.2. The van der Waals surface area contributed by atoms with Crippen LogP contribution >= 0.6 is 0 Å². The molecule has 0 fully saturated rings. The summed E-state index contributed by atoms with van der Waals surface area (Å²) in [5.74, 6) is -0.749. The monoisotopic (exact) mass is 396 g/mol. The van der Waals surface area contributed by atoms with Crippen molar-refractivity contribution in [2.45, 2.75) is 39.8 Å². The van der Waals surface area contributed by atoms with Crippen LogP contribution in [0.5, 0.6) is 0 Å². The highest BCUT2D eigenvalue weighted by molar-refractivity contribution is 6.01. The van der Waals surface area contributed by atoms with Crippen LogP contribution in [0.4, 0.5) is 10.5 Å². The van der Waals surface area contributed by atoms with Crippen LogP contribution in [0.3, 0.4) is 0 Å². The van der Waals surface area contributed by atoms with Gasteiger partial charge >= 0.3 is 6.03 Å². The maximum atomic E-state index is 12.6. The summed E-state index contributed by atoms with van der Waals surface area (Å²) in [7, 11) is 0. The third kappa shape index (κ3) is 7.65. The van der Waals surface area contributed by atoms with E-state index >= 15 is 0 Å². The van der Waals surface area contributed by atoms with Gasteiger partial charge in [-0.1, -0.05) is 42.0 Å². The Morgan fingerprint density at radius 1 is 0.931 bits per heavy atom. The quantitative estimate of drug-likeness (QED) is 0.603. The molecule has 0 heterocycles. The second-order valence-corrected chi connectivity index (χ2v) is 7.82. The zero-order valence-corrected chi connectivity index (χ0v) is 17.3. The van der Waals surface area contributed by atoms with Crippen molar-refractivity contribution in [2.75, 3.05) is 11.9 Å². The molecule has 0 aliphatic heterocycles. The van der Waals surface area contributed by atoms with Crippen LogP contribution in [0, 0.1) is 6.92 Å². The minimum atomic E-state index is -0.562. The molecule has 7 nitrogen and oxygen atoms in total. The number of imide groups is 1. The van der Waals surface area contributed by atoms with Crippen molar-refractivity contribution in [1.82, 2.24) is 16.0 Å². The maximum absolute atomic E-state index is 12.6. The average molecular weight is 396 g/mol. The number of rotatable bonds is 6. The Labute approximate surface area is 171 Å². The molecule has 2 aromatic carbocycles. The predicted molar refractivity (Wildman–Crippen MR) is 114 cm³/mol. The fourth-order valence-corrected chi connectivity index (χ4v) is 2.54. The van der Waals surface area contributed by atoms with E-state index in [4.69, 9.17) is 0 Å². The Hall–Kier alpha value is -3.35. The number of nitrogens with one attached hydrogen (secondary N) is 4. The van der Waals surface area contributed by atoms with Gasteiger partial charge in [-0.3, -0.25) is 14.9 Å². The summed E-state index contributed by atoms with van der Waals surface area (Å²) < 4.78 is 0. The van der Waals surface area contributed by atoms with E-state index in [1.165, 1.54) is 0 Å². The Balaban J connectivity index is 1.92. The molecule has 7 heteroatoms. The lowest BCUT2D eigenvalue weighted by atomic mass is 10.1. The Bertz CT molecular complexity index is 870. The normalized spacial score (nSPS) is 10.8. The van der Waals surface area contributed by atoms with Gasteiger partial charge in [0.2, 0.25) is 5.91 Å². The molecule has 0 aliphatic carbocycles. The second kappa shape index (κ2) is 9.73. The van der Waals surface area contributed by atoms with Gasteiger partial charge in [0, 0.05) is 17.8 Å². The zero-order valence-electron chi connectivity index (χ0n) is 17.3. The van der Waals surface area contributed by atoms with Crippen LogP contribution in [0.25, 0.3) is 0 Å². The van der Waals surface area contributed by atoms with E-state index in [9.17, 15) is 14.4 Å². The molecule has 154 valence electrons. The molecule has 0 saturated carbocycles. The second-order valence-electron chi connectivity index (χ2n) is 7.82. The molecule has 0 unspecified atom stereocenters. The number of amides is 4. The number of aryl methyl sites for hydroxylation is 1. The molecule has 0 aliphatic rings. The largest absolute Gasteiger partial charge is 0.375 e. The van der Waals surface area contributed by atoms with Gasteiger partial charge in [-0.2, -0.15) is 0 Å². The summed E-state index contributed by atoms with van der Waals surface area (Å²) in [5, 5.41) is 10.7. The number of carbonyl (C=O) groups is 3. The smallest absolute Gasteiger partial charge is 0.321 e. The molecule has 29 heavy (non-hydrogen) atoms. The number of anilines is 1. The molecular formula is C22H28N4O3. The number of benzene rings is 2. The van der Waals surface area contributed by atoms with Crippen molar-refractivity contribution < 1.29 is 14.4 Å². The van der Waals surface area contributed by atoms with E-state index in [0.717, 1.165) is 11.1 Å². The van der Waals surface area contributed by atoms with E-state index in [0.29, 0.717) is 17.8 Å². The number of urea groups is 1. The Morgan fingerprint density at radius 2 is 1.59 bits per heavy atom. The van der Waals surface area contributed by atoms with E-state index < -0.39 is 17.5 Å². The summed E-state index contributed by atoms with van der Waals surface area (Å²) >= 11 is 0. The van der Waals surface area contributed by atoms with Crippen LogP contribution < -0.4 is 21.3 Å². The van der Waals surface area contributed by atoms with Crippen molar-refractivity contribution in [2.24, 2.45) is 0 Å². The van der Waals surface area contributed by atoms with Crippen molar-refractivity contribution >= 4 is 23.5 Å². The highest BCUT2D eigenvalue weighted by Crippen LogP contribution is 2.15. The molecule has 0 spiro atoms. The van der Waals surface area contributed by atoms with E-state index in [2.05, 4.69) is 21.3 Å². The predicted octanol–water partition coefficient (Wildman–Crippen LogP) is 2.96. The first kappa shape index (κ1) is 21.9. The van der Waals surface area contributed by atoms with Crippen molar-refractivity contribution in [3.8, 4) is 0 Å². The molecule has 0 radical (unpaired) electrons. The van der Waals surface area contributed by atoms with Crippen LogP contribution in [-0.2, 0) is 11.3 Å². The number of carbonyl (C=O) groups excluding carboxylic acids is 3. The summed E-state index contributed by atoms with van der Waals surface area (Å²) in [4.78, 5) is 36.3. The highest BCUT2D eigenvalue weighted by Gasteiger charge is 2.16. The molecule has 4 amide bonds. The van der Waals surface area contributed by atoms with Gasteiger partial charge in [0.25, 0.3) is 5.91 Å². The van der Waals surface area contributed by atoms with Crippen LogP contribution in [0.15, 0.2) is 48.5 Å². The lowest BCUT2D eigenvalue weighted by Gasteiger charge is -2.20. The summed E-state index contributed by atoms with van der Waals surface area (Å²) in [6.45, 7) is 7.73. The molecule has 2 rings (SSSR count). The first-order valence-corrected chi connectivity index (χ1v) is 9.43. The van der Waals surface area contributed by atoms with Crippen LogP contribution in [0.1, 0.15) is 42.3 Å². The summed E-state index contributed by atoms with van der Waals surface area (Å²) in [6, 6.07) is 14.3. The van der Waals surface area contributed by atoms with Gasteiger partial charge in [-0.05, 0) is 45.4 Å². The summed E-state index contributed by atoms with van der Waals surface area (Å²) in [5.41, 5.74) is 2.65. The number of para-hydroxylation sites is 1. The van der Waals surface area contributed by atoms with Crippen molar-refractivity contribution in [3.05, 3.63) is 65.2 Å². The van der Waals surface area contributed by atoms with Crippen molar-refractivity contribution in [3.63, 3.8) is 0 Å². The molecule has 0 saturated heterocycles. The average Bonchev–Trinajstić information content (AvgIpc) is 2.64. The summed E-state index contributed by atoms with van der Waals surface area (Å²) in [6.07, 6.45) is 0. The fraction of sp³-hybridized carbons (Fsp3) is 0.318. The molecular weight excluding hydrogens is 368 g/mol. The number of hydrogen-bond donors (Lipinski definition) is 4. The third-order valence-corrected chi connectivity index (χ3v) is 3.93. The van der Waals surface area contributed by atoms with Gasteiger partial charge in [0.1, 0.15) is 0 Å². The lowest BCUT2D eigenvalue weighted by molar-refractivity contribution is -0.118.